The molecule has 2 atom stereocenters. The molecule has 3 heterocycles. The summed E-state index contributed by atoms with van der Waals surface area (Å²) in [5.74, 6) is 0. The second-order valence-electron chi connectivity index (χ2n) is 5.99. The molecule has 4 heteroatoms. The molecule has 0 aliphatic carbocycles. The molecule has 0 saturated carbocycles. The molecule has 4 rings (SSSR count). The van der Waals surface area contributed by atoms with Crippen molar-refractivity contribution in [3.8, 4) is 0 Å². The van der Waals surface area contributed by atoms with Gasteiger partial charge >= 0.3 is 0 Å². The quantitative estimate of drug-likeness (QED) is 0.730. The standard InChI is InChI=1S/C20H19N3O/c1-2-4-17(5-3-1)20-15-19(14-16-6-10-21-11-7-16)23(24-20)18-8-12-22-13-9-18/h1-13,19-20H,14-15H2/t19-,20-/m1/s1. The third-order valence-corrected chi connectivity index (χ3v) is 4.37. The molecule has 120 valence electrons. The Morgan fingerprint density at radius 1 is 0.875 bits per heavy atom. The van der Waals surface area contributed by atoms with E-state index in [0.29, 0.717) is 0 Å². The summed E-state index contributed by atoms with van der Waals surface area (Å²) in [7, 11) is 0. The van der Waals surface area contributed by atoms with E-state index in [4.69, 9.17) is 4.84 Å². The first-order valence-electron chi connectivity index (χ1n) is 8.20. The van der Waals surface area contributed by atoms with Crippen LogP contribution in [0.1, 0.15) is 23.7 Å². The highest BCUT2D eigenvalue weighted by atomic mass is 16.7. The Morgan fingerprint density at radius 2 is 1.54 bits per heavy atom. The number of aromatic nitrogens is 2. The first-order chi connectivity index (χ1) is 11.9. The molecule has 2 aromatic heterocycles. The van der Waals surface area contributed by atoms with Gasteiger partial charge < -0.3 is 0 Å². The molecule has 0 bridgehead atoms. The predicted molar refractivity (Wildman–Crippen MR) is 93.3 cm³/mol. The molecule has 1 fully saturated rings. The van der Waals surface area contributed by atoms with Crippen molar-refractivity contribution in [3.63, 3.8) is 0 Å². The second-order valence-corrected chi connectivity index (χ2v) is 5.99. The first kappa shape index (κ1) is 14.8. The van der Waals surface area contributed by atoms with Gasteiger partial charge in [0.2, 0.25) is 0 Å². The van der Waals surface area contributed by atoms with Crippen LogP contribution in [0.25, 0.3) is 0 Å². The Balaban J connectivity index is 1.61. The lowest BCUT2D eigenvalue weighted by Crippen LogP contribution is -2.29. The predicted octanol–water partition coefficient (Wildman–Crippen LogP) is 3.97. The highest BCUT2D eigenvalue weighted by molar-refractivity contribution is 5.44. The number of benzene rings is 1. The van der Waals surface area contributed by atoms with Crippen LogP contribution in [0.4, 0.5) is 5.69 Å². The average molecular weight is 317 g/mol. The van der Waals surface area contributed by atoms with Gasteiger partial charge in [0.1, 0.15) is 6.10 Å². The number of hydrogen-bond donors (Lipinski definition) is 0. The lowest BCUT2D eigenvalue weighted by atomic mass is 9.98. The summed E-state index contributed by atoms with van der Waals surface area (Å²) in [5, 5.41) is 2.04. The van der Waals surface area contributed by atoms with E-state index in [0.717, 1.165) is 18.5 Å². The van der Waals surface area contributed by atoms with Gasteiger partial charge in [-0.3, -0.25) is 14.8 Å². The van der Waals surface area contributed by atoms with E-state index in [2.05, 4.69) is 46.4 Å². The van der Waals surface area contributed by atoms with Crippen molar-refractivity contribution >= 4 is 5.69 Å². The van der Waals surface area contributed by atoms with E-state index in [9.17, 15) is 0 Å². The zero-order chi connectivity index (χ0) is 16.2. The highest BCUT2D eigenvalue weighted by Gasteiger charge is 2.34. The average Bonchev–Trinajstić information content (AvgIpc) is 3.08. The molecule has 1 aliphatic rings. The summed E-state index contributed by atoms with van der Waals surface area (Å²) in [6, 6.07) is 18.8. The lowest BCUT2D eigenvalue weighted by molar-refractivity contribution is 0.0836. The van der Waals surface area contributed by atoms with Gasteiger partial charge in [-0.2, -0.15) is 0 Å². The molecular formula is C20H19N3O. The summed E-state index contributed by atoms with van der Waals surface area (Å²) in [6.07, 6.45) is 9.25. The van der Waals surface area contributed by atoms with Crippen molar-refractivity contribution in [2.24, 2.45) is 0 Å². The van der Waals surface area contributed by atoms with E-state index in [-0.39, 0.29) is 12.1 Å². The molecule has 0 amide bonds. The van der Waals surface area contributed by atoms with Crippen LogP contribution in [0.2, 0.25) is 0 Å². The summed E-state index contributed by atoms with van der Waals surface area (Å²) >= 11 is 0. The molecule has 24 heavy (non-hydrogen) atoms. The highest BCUT2D eigenvalue weighted by Crippen LogP contribution is 2.37. The van der Waals surface area contributed by atoms with E-state index in [1.54, 1.807) is 12.4 Å². The third kappa shape index (κ3) is 3.14. The molecule has 1 saturated heterocycles. The summed E-state index contributed by atoms with van der Waals surface area (Å²) in [4.78, 5) is 14.5. The molecule has 0 spiro atoms. The lowest BCUT2D eigenvalue weighted by Gasteiger charge is -2.24. The first-order valence-corrected chi connectivity index (χ1v) is 8.20. The molecular weight excluding hydrogens is 298 g/mol. The molecule has 3 aromatic rings. The van der Waals surface area contributed by atoms with Crippen LogP contribution in [-0.4, -0.2) is 16.0 Å². The Bertz CT molecular complexity index is 765. The van der Waals surface area contributed by atoms with Crippen molar-refractivity contribution in [3.05, 3.63) is 90.5 Å². The van der Waals surface area contributed by atoms with Gasteiger partial charge in [0.15, 0.2) is 0 Å². The van der Waals surface area contributed by atoms with Crippen LogP contribution in [0.15, 0.2) is 79.4 Å². The Labute approximate surface area is 141 Å². The van der Waals surface area contributed by atoms with Gasteiger partial charge in [-0.25, -0.2) is 5.06 Å². The van der Waals surface area contributed by atoms with Crippen molar-refractivity contribution in [2.75, 3.05) is 5.06 Å². The normalized spacial score (nSPS) is 20.2. The molecule has 0 N–H and O–H groups in total. The minimum atomic E-state index is 0.0752. The number of rotatable bonds is 4. The summed E-state index contributed by atoms with van der Waals surface area (Å²) in [5.41, 5.74) is 3.53. The van der Waals surface area contributed by atoms with Gasteiger partial charge in [-0.15, -0.1) is 0 Å². The van der Waals surface area contributed by atoms with Gasteiger partial charge in [-0.05, 0) is 41.8 Å². The Hall–Kier alpha value is -2.72. The van der Waals surface area contributed by atoms with E-state index in [1.165, 1.54) is 11.1 Å². The Kier molecular flexibility index (Phi) is 4.21. The van der Waals surface area contributed by atoms with Gasteiger partial charge in [0.05, 0.1) is 11.7 Å². The zero-order valence-electron chi connectivity index (χ0n) is 13.3. The van der Waals surface area contributed by atoms with Crippen LogP contribution in [0, 0.1) is 0 Å². The summed E-state index contributed by atoms with van der Waals surface area (Å²) < 4.78 is 0. The van der Waals surface area contributed by atoms with Crippen molar-refractivity contribution in [1.29, 1.82) is 0 Å². The zero-order valence-corrected chi connectivity index (χ0v) is 13.3. The Morgan fingerprint density at radius 3 is 2.25 bits per heavy atom. The third-order valence-electron chi connectivity index (χ3n) is 4.37. The van der Waals surface area contributed by atoms with Crippen LogP contribution < -0.4 is 5.06 Å². The van der Waals surface area contributed by atoms with Crippen molar-refractivity contribution in [1.82, 2.24) is 9.97 Å². The van der Waals surface area contributed by atoms with Gasteiger partial charge in [-0.1, -0.05) is 30.3 Å². The molecule has 1 aliphatic heterocycles. The minimum absolute atomic E-state index is 0.0752. The second kappa shape index (κ2) is 6.81. The molecule has 1 aromatic carbocycles. The molecule has 4 nitrogen and oxygen atoms in total. The van der Waals surface area contributed by atoms with Crippen molar-refractivity contribution < 1.29 is 4.84 Å². The fraction of sp³-hybridized carbons (Fsp3) is 0.200. The van der Waals surface area contributed by atoms with Crippen LogP contribution in [-0.2, 0) is 11.3 Å². The minimum Gasteiger partial charge on any atom is -0.265 e. The van der Waals surface area contributed by atoms with Gasteiger partial charge in [0, 0.05) is 31.2 Å². The maximum Gasteiger partial charge on any atom is 0.113 e. The fourth-order valence-electron chi connectivity index (χ4n) is 3.19. The van der Waals surface area contributed by atoms with E-state index in [1.807, 2.05) is 35.7 Å². The smallest absolute Gasteiger partial charge is 0.113 e. The molecule has 0 radical (unpaired) electrons. The molecule has 0 unspecified atom stereocenters. The van der Waals surface area contributed by atoms with Crippen molar-refractivity contribution in [2.45, 2.75) is 25.0 Å². The van der Waals surface area contributed by atoms with Crippen LogP contribution >= 0.6 is 0 Å². The monoisotopic (exact) mass is 317 g/mol. The maximum atomic E-state index is 6.31. The van der Waals surface area contributed by atoms with E-state index < -0.39 is 0 Å². The number of anilines is 1. The largest absolute Gasteiger partial charge is 0.265 e. The SMILES string of the molecule is c1ccc([C@H]2C[C@@H](Cc3ccncc3)N(c3ccncc3)O2)cc1. The topological polar surface area (TPSA) is 38.2 Å². The summed E-state index contributed by atoms with van der Waals surface area (Å²) in [6.45, 7) is 0. The van der Waals surface area contributed by atoms with E-state index >= 15 is 0 Å². The number of pyridine rings is 2. The number of hydroxylamine groups is 1. The fourth-order valence-corrected chi connectivity index (χ4v) is 3.19. The van der Waals surface area contributed by atoms with Crippen LogP contribution in [0.3, 0.4) is 0 Å². The number of hydrogen-bond acceptors (Lipinski definition) is 4. The van der Waals surface area contributed by atoms with Gasteiger partial charge in [0.25, 0.3) is 0 Å². The number of nitrogens with zero attached hydrogens (tertiary/aromatic N) is 3. The maximum absolute atomic E-state index is 6.31. The van der Waals surface area contributed by atoms with Crippen LogP contribution in [0.5, 0.6) is 0 Å².